The van der Waals surface area contributed by atoms with Crippen LogP contribution in [0.4, 0.5) is 24.7 Å². The number of hydrogen-bond acceptors (Lipinski definition) is 4. The zero-order valence-corrected chi connectivity index (χ0v) is 16.3. The van der Waals surface area contributed by atoms with Crippen molar-refractivity contribution in [3.63, 3.8) is 0 Å². The average Bonchev–Trinajstić information content (AvgIpc) is 2.77. The Morgan fingerprint density at radius 3 is 2.55 bits per heavy atom. The van der Waals surface area contributed by atoms with Crippen molar-refractivity contribution >= 4 is 29.4 Å². The van der Waals surface area contributed by atoms with Gasteiger partial charge in [-0.25, -0.2) is 9.97 Å². The third kappa shape index (κ3) is 5.75. The lowest BCUT2D eigenvalue weighted by Crippen LogP contribution is -2.26. The third-order valence-corrected chi connectivity index (χ3v) is 4.26. The van der Waals surface area contributed by atoms with Crippen LogP contribution in [0.25, 0.3) is 6.08 Å². The van der Waals surface area contributed by atoms with E-state index in [1.807, 2.05) is 0 Å². The second-order valence-corrected chi connectivity index (χ2v) is 6.45. The number of hydrogen-bond donors (Lipinski definition) is 1. The van der Waals surface area contributed by atoms with E-state index in [2.05, 4.69) is 15.3 Å². The number of benzene rings is 2. The van der Waals surface area contributed by atoms with Gasteiger partial charge in [-0.15, -0.1) is 0 Å². The predicted molar refractivity (Wildman–Crippen MR) is 110 cm³/mol. The van der Waals surface area contributed by atoms with Gasteiger partial charge in [0.1, 0.15) is 12.1 Å². The fourth-order valence-electron chi connectivity index (χ4n) is 2.68. The number of nitrogens with zero attached hydrogens (tertiary/aromatic N) is 3. The molecular weight excluding hydrogens is 409 g/mol. The normalized spacial score (nSPS) is 11.4. The van der Waals surface area contributed by atoms with E-state index >= 15 is 0 Å². The molecule has 31 heavy (non-hydrogen) atoms. The Balaban J connectivity index is 1.73. The molecule has 0 saturated heterocycles. The summed E-state index contributed by atoms with van der Waals surface area (Å²) in [5.74, 6) is -0.643. The minimum atomic E-state index is -4.54. The Labute approximate surface area is 176 Å². The molecule has 2 aromatic carbocycles. The number of alkyl halides is 3. The first-order chi connectivity index (χ1) is 14.7. The van der Waals surface area contributed by atoms with E-state index in [1.165, 1.54) is 42.7 Å². The van der Waals surface area contributed by atoms with Gasteiger partial charge in [0.15, 0.2) is 0 Å². The van der Waals surface area contributed by atoms with Crippen LogP contribution in [-0.2, 0) is 11.0 Å². The molecule has 3 rings (SSSR count). The van der Waals surface area contributed by atoms with Crippen molar-refractivity contribution in [3.8, 4) is 0 Å². The van der Waals surface area contributed by atoms with Crippen molar-refractivity contribution in [1.82, 2.24) is 9.97 Å². The summed E-state index contributed by atoms with van der Waals surface area (Å²) in [6.45, 7) is 0. The summed E-state index contributed by atoms with van der Waals surface area (Å²) >= 11 is 0. The minimum absolute atomic E-state index is 0.0810. The van der Waals surface area contributed by atoms with Crippen LogP contribution in [0.1, 0.15) is 21.5 Å². The van der Waals surface area contributed by atoms with Gasteiger partial charge in [0.2, 0.25) is 5.91 Å². The molecule has 6 nitrogen and oxygen atoms in total. The van der Waals surface area contributed by atoms with Gasteiger partial charge in [0, 0.05) is 30.6 Å². The highest BCUT2D eigenvalue weighted by molar-refractivity contribution is 6.06. The van der Waals surface area contributed by atoms with Gasteiger partial charge in [0.25, 0.3) is 5.91 Å². The molecule has 0 saturated carbocycles. The molecule has 2 amide bonds. The summed E-state index contributed by atoms with van der Waals surface area (Å²) in [6.07, 6.45) is 1.11. The van der Waals surface area contributed by atoms with Crippen LogP contribution in [0, 0.1) is 0 Å². The third-order valence-electron chi connectivity index (χ3n) is 4.26. The highest BCUT2D eigenvalue weighted by Crippen LogP contribution is 2.30. The van der Waals surface area contributed by atoms with E-state index in [-0.39, 0.29) is 5.56 Å². The summed E-state index contributed by atoms with van der Waals surface area (Å²) < 4.78 is 38.8. The standard InChI is InChI=1S/C22H17F3N4O2/c1-29(21(31)16-5-3-6-17(13-16)22(23,24)25)18-7-2-4-15(12-18)8-9-20(30)28-19-10-11-26-14-27-19/h2-14H,1H3,(H,26,27,28,30). The lowest BCUT2D eigenvalue weighted by atomic mass is 10.1. The monoisotopic (exact) mass is 426 g/mol. The topological polar surface area (TPSA) is 75.2 Å². The van der Waals surface area contributed by atoms with Crippen LogP contribution >= 0.6 is 0 Å². The molecule has 0 atom stereocenters. The van der Waals surface area contributed by atoms with E-state index in [1.54, 1.807) is 36.4 Å². The number of halogens is 3. The first-order valence-electron chi connectivity index (χ1n) is 9.04. The number of anilines is 2. The van der Waals surface area contributed by atoms with Crippen molar-refractivity contribution in [1.29, 1.82) is 0 Å². The molecule has 0 aliphatic carbocycles. The summed E-state index contributed by atoms with van der Waals surface area (Å²) in [4.78, 5) is 33.6. The summed E-state index contributed by atoms with van der Waals surface area (Å²) in [7, 11) is 1.47. The van der Waals surface area contributed by atoms with Gasteiger partial charge in [-0.1, -0.05) is 18.2 Å². The molecule has 1 heterocycles. The van der Waals surface area contributed by atoms with E-state index in [9.17, 15) is 22.8 Å². The molecule has 158 valence electrons. The Morgan fingerprint density at radius 2 is 1.84 bits per heavy atom. The van der Waals surface area contributed by atoms with Crippen LogP contribution < -0.4 is 10.2 Å². The SMILES string of the molecule is CN(C(=O)c1cccc(C(F)(F)F)c1)c1cccc(C=CC(=O)Nc2ccncn2)c1. The average molecular weight is 426 g/mol. The molecule has 1 N–H and O–H groups in total. The second-order valence-electron chi connectivity index (χ2n) is 6.45. The number of carbonyl (C=O) groups is 2. The highest BCUT2D eigenvalue weighted by atomic mass is 19.4. The molecular formula is C22H17F3N4O2. The van der Waals surface area contributed by atoms with Crippen molar-refractivity contribution in [2.45, 2.75) is 6.18 Å². The quantitative estimate of drug-likeness (QED) is 0.613. The summed E-state index contributed by atoms with van der Waals surface area (Å²) in [5.41, 5.74) is 0.112. The van der Waals surface area contributed by atoms with Crippen LogP contribution in [0.2, 0.25) is 0 Å². The maximum Gasteiger partial charge on any atom is 0.416 e. The van der Waals surface area contributed by atoms with Gasteiger partial charge in [-0.2, -0.15) is 13.2 Å². The fraction of sp³-hybridized carbons (Fsp3) is 0.0909. The smallest absolute Gasteiger partial charge is 0.311 e. The predicted octanol–water partition coefficient (Wildman–Crippen LogP) is 4.42. The Bertz CT molecular complexity index is 1110. The maximum atomic E-state index is 12.9. The molecule has 0 fully saturated rings. The molecule has 1 aromatic heterocycles. The first-order valence-corrected chi connectivity index (χ1v) is 9.04. The van der Waals surface area contributed by atoms with Gasteiger partial charge in [0.05, 0.1) is 5.56 Å². The highest BCUT2D eigenvalue weighted by Gasteiger charge is 2.31. The molecule has 0 bridgehead atoms. The molecule has 0 spiro atoms. The number of carbonyl (C=O) groups excluding carboxylic acids is 2. The van der Waals surface area contributed by atoms with E-state index in [0.717, 1.165) is 12.1 Å². The lowest BCUT2D eigenvalue weighted by Gasteiger charge is -2.18. The Hall–Kier alpha value is -4.01. The number of nitrogens with one attached hydrogen (secondary N) is 1. The first kappa shape index (κ1) is 21.7. The Morgan fingerprint density at radius 1 is 1.06 bits per heavy atom. The minimum Gasteiger partial charge on any atom is -0.311 e. The van der Waals surface area contributed by atoms with Crippen molar-refractivity contribution in [2.75, 3.05) is 17.3 Å². The van der Waals surface area contributed by atoms with Gasteiger partial charge >= 0.3 is 6.18 Å². The van der Waals surface area contributed by atoms with E-state index in [4.69, 9.17) is 0 Å². The summed E-state index contributed by atoms with van der Waals surface area (Å²) in [6, 6.07) is 12.5. The van der Waals surface area contributed by atoms with Gasteiger partial charge < -0.3 is 10.2 Å². The van der Waals surface area contributed by atoms with E-state index < -0.39 is 23.6 Å². The van der Waals surface area contributed by atoms with Crippen LogP contribution in [-0.4, -0.2) is 28.8 Å². The molecule has 3 aromatic rings. The molecule has 0 aliphatic rings. The molecule has 0 radical (unpaired) electrons. The van der Waals surface area contributed by atoms with Crippen LogP contribution in [0.3, 0.4) is 0 Å². The van der Waals surface area contributed by atoms with Crippen LogP contribution in [0.15, 0.2) is 73.2 Å². The Kier molecular flexibility index (Phi) is 6.44. The molecule has 0 unspecified atom stereocenters. The van der Waals surface area contributed by atoms with Crippen LogP contribution in [0.5, 0.6) is 0 Å². The van der Waals surface area contributed by atoms with E-state index in [0.29, 0.717) is 17.1 Å². The fourth-order valence-corrected chi connectivity index (χ4v) is 2.68. The van der Waals surface area contributed by atoms with Gasteiger partial charge in [-0.05, 0) is 48.0 Å². The number of rotatable bonds is 5. The van der Waals surface area contributed by atoms with Crippen molar-refractivity contribution in [2.24, 2.45) is 0 Å². The largest absolute Gasteiger partial charge is 0.416 e. The number of aromatic nitrogens is 2. The summed E-state index contributed by atoms with van der Waals surface area (Å²) in [5, 5.41) is 2.57. The molecule has 0 aliphatic heterocycles. The number of amides is 2. The maximum absolute atomic E-state index is 12.9. The lowest BCUT2D eigenvalue weighted by molar-refractivity contribution is -0.137. The van der Waals surface area contributed by atoms with Crippen molar-refractivity contribution < 1.29 is 22.8 Å². The zero-order valence-electron chi connectivity index (χ0n) is 16.3. The zero-order chi connectivity index (χ0) is 22.4. The van der Waals surface area contributed by atoms with Gasteiger partial charge in [-0.3, -0.25) is 9.59 Å². The second kappa shape index (κ2) is 9.21. The van der Waals surface area contributed by atoms with Crippen molar-refractivity contribution in [3.05, 3.63) is 89.9 Å². The molecule has 9 heteroatoms.